The van der Waals surface area contributed by atoms with Crippen molar-refractivity contribution in [1.82, 2.24) is 19.4 Å². The first-order valence-electron chi connectivity index (χ1n) is 9.46. The lowest BCUT2D eigenvalue weighted by atomic mass is 10.2. The molecule has 0 bridgehead atoms. The van der Waals surface area contributed by atoms with Gasteiger partial charge in [0.25, 0.3) is 0 Å². The first-order chi connectivity index (χ1) is 13.0. The predicted molar refractivity (Wildman–Crippen MR) is 104 cm³/mol. The molecule has 2 aromatic heterocycles. The Balaban J connectivity index is 1.64. The first kappa shape index (κ1) is 20.3. The normalized spacial score (nSPS) is 17.1. The Morgan fingerprint density at radius 2 is 2.04 bits per heavy atom. The van der Waals surface area contributed by atoms with E-state index in [1.54, 1.807) is 16.4 Å². The van der Waals surface area contributed by atoms with E-state index in [-0.39, 0.29) is 10.1 Å². The molecule has 27 heavy (non-hydrogen) atoms. The average Bonchev–Trinajstić information content (AvgIpc) is 3.16. The van der Waals surface area contributed by atoms with Crippen LogP contribution in [0.5, 0.6) is 0 Å². The number of nitrogens with zero attached hydrogens (tertiary/aromatic N) is 4. The average molecular weight is 411 g/mol. The first-order valence-corrected chi connectivity index (χ1v) is 11.8. The summed E-state index contributed by atoms with van der Waals surface area (Å²) in [6.45, 7) is 5.28. The largest absolute Gasteiger partial charge is 0.338 e. The molecular weight excluding hydrogens is 384 g/mol. The highest BCUT2D eigenvalue weighted by molar-refractivity contribution is 7.99. The molecule has 0 N–H and O–H groups in total. The monoisotopic (exact) mass is 410 g/mol. The number of hydrogen-bond donors (Lipinski definition) is 0. The summed E-state index contributed by atoms with van der Waals surface area (Å²) in [5.41, 5.74) is 0. The van der Waals surface area contributed by atoms with Crippen LogP contribution in [-0.2, 0) is 16.4 Å². The third kappa shape index (κ3) is 5.08. The molecule has 148 valence electrons. The molecule has 1 aliphatic heterocycles. The second-order valence-corrected chi connectivity index (χ2v) is 10.0. The van der Waals surface area contributed by atoms with Gasteiger partial charge in [0.1, 0.15) is 4.90 Å². The minimum absolute atomic E-state index is 0.0510. The molecule has 2 aromatic rings. The minimum atomic E-state index is -3.44. The Morgan fingerprint density at radius 1 is 1.26 bits per heavy atom. The van der Waals surface area contributed by atoms with Gasteiger partial charge in [-0.2, -0.15) is 9.29 Å². The maximum Gasteiger partial charge on any atom is 0.244 e. The fourth-order valence-electron chi connectivity index (χ4n) is 2.94. The van der Waals surface area contributed by atoms with Gasteiger partial charge in [-0.05, 0) is 38.3 Å². The zero-order valence-electron chi connectivity index (χ0n) is 15.8. The van der Waals surface area contributed by atoms with Crippen molar-refractivity contribution >= 4 is 21.8 Å². The number of rotatable bonds is 8. The molecule has 3 rings (SSSR count). The van der Waals surface area contributed by atoms with E-state index < -0.39 is 10.0 Å². The lowest BCUT2D eigenvalue weighted by Crippen LogP contribution is -2.35. The highest BCUT2D eigenvalue weighted by atomic mass is 32.2. The van der Waals surface area contributed by atoms with Crippen molar-refractivity contribution in [2.24, 2.45) is 0 Å². The van der Waals surface area contributed by atoms with Gasteiger partial charge in [-0.25, -0.2) is 13.4 Å². The molecule has 1 aliphatic rings. The third-order valence-electron chi connectivity index (χ3n) is 4.55. The van der Waals surface area contributed by atoms with Crippen molar-refractivity contribution in [2.75, 3.05) is 13.1 Å². The SMILES string of the molecule is CCCCc1noc([C@@H](C)Sc2ccc(S(=O)(=O)N3CCCCC3)cn2)n1. The maximum atomic E-state index is 12.7. The summed E-state index contributed by atoms with van der Waals surface area (Å²) in [7, 11) is -3.44. The molecule has 0 saturated carbocycles. The van der Waals surface area contributed by atoms with Crippen molar-refractivity contribution in [3.8, 4) is 0 Å². The number of hydrogen-bond acceptors (Lipinski definition) is 7. The van der Waals surface area contributed by atoms with Crippen LogP contribution in [0.1, 0.15) is 62.9 Å². The Hall–Kier alpha value is -1.45. The van der Waals surface area contributed by atoms with Gasteiger partial charge >= 0.3 is 0 Å². The van der Waals surface area contributed by atoms with Crippen molar-refractivity contribution in [3.63, 3.8) is 0 Å². The molecule has 1 fully saturated rings. The van der Waals surface area contributed by atoms with Gasteiger partial charge in [0.05, 0.1) is 10.3 Å². The van der Waals surface area contributed by atoms with E-state index in [1.807, 2.05) is 6.92 Å². The zero-order chi connectivity index (χ0) is 19.3. The van der Waals surface area contributed by atoms with Crippen LogP contribution in [0.2, 0.25) is 0 Å². The Labute approximate surface area is 165 Å². The Morgan fingerprint density at radius 3 is 2.70 bits per heavy atom. The predicted octanol–water partition coefficient (Wildman–Crippen LogP) is 3.84. The van der Waals surface area contributed by atoms with Gasteiger partial charge in [-0.15, -0.1) is 0 Å². The van der Waals surface area contributed by atoms with Gasteiger partial charge in [0, 0.05) is 25.7 Å². The van der Waals surface area contributed by atoms with E-state index in [2.05, 4.69) is 22.0 Å². The van der Waals surface area contributed by atoms with Crippen LogP contribution in [-0.4, -0.2) is 40.9 Å². The lowest BCUT2D eigenvalue weighted by Gasteiger charge is -2.25. The zero-order valence-corrected chi connectivity index (χ0v) is 17.4. The Bertz CT molecular complexity index is 831. The van der Waals surface area contributed by atoms with Crippen molar-refractivity contribution in [1.29, 1.82) is 0 Å². The maximum absolute atomic E-state index is 12.7. The summed E-state index contributed by atoms with van der Waals surface area (Å²) in [5.74, 6) is 1.30. The summed E-state index contributed by atoms with van der Waals surface area (Å²) in [5, 5.41) is 4.69. The topological polar surface area (TPSA) is 89.2 Å². The van der Waals surface area contributed by atoms with Crippen LogP contribution < -0.4 is 0 Å². The quantitative estimate of drug-likeness (QED) is 0.611. The lowest BCUT2D eigenvalue weighted by molar-refractivity contribution is 0.346. The Kier molecular flexibility index (Phi) is 6.88. The van der Waals surface area contributed by atoms with Gasteiger partial charge in [-0.1, -0.05) is 36.7 Å². The summed E-state index contributed by atoms with van der Waals surface area (Å²) in [4.78, 5) is 9.01. The molecule has 0 aromatic carbocycles. The fraction of sp³-hybridized carbons (Fsp3) is 0.611. The molecule has 7 nitrogen and oxygen atoms in total. The minimum Gasteiger partial charge on any atom is -0.338 e. The van der Waals surface area contributed by atoms with E-state index in [0.29, 0.717) is 19.0 Å². The van der Waals surface area contributed by atoms with E-state index >= 15 is 0 Å². The summed E-state index contributed by atoms with van der Waals surface area (Å²) in [6.07, 6.45) is 7.32. The van der Waals surface area contributed by atoms with E-state index in [9.17, 15) is 8.42 Å². The number of thioether (sulfide) groups is 1. The van der Waals surface area contributed by atoms with E-state index in [1.165, 1.54) is 18.0 Å². The molecule has 0 amide bonds. The number of aryl methyl sites for hydroxylation is 1. The van der Waals surface area contributed by atoms with E-state index in [0.717, 1.165) is 49.4 Å². The molecule has 3 heterocycles. The molecule has 9 heteroatoms. The highest BCUT2D eigenvalue weighted by Crippen LogP contribution is 2.33. The molecule has 1 atom stereocenters. The molecular formula is C18H26N4O3S2. The van der Waals surface area contributed by atoms with Crippen LogP contribution in [0.15, 0.2) is 32.8 Å². The van der Waals surface area contributed by atoms with Crippen LogP contribution in [0.3, 0.4) is 0 Å². The number of pyridine rings is 1. The van der Waals surface area contributed by atoms with E-state index in [4.69, 9.17) is 4.52 Å². The highest BCUT2D eigenvalue weighted by Gasteiger charge is 2.26. The van der Waals surface area contributed by atoms with Crippen molar-refractivity contribution in [2.45, 2.75) is 67.5 Å². The molecule has 1 saturated heterocycles. The van der Waals surface area contributed by atoms with Gasteiger partial charge in [0.15, 0.2) is 5.82 Å². The summed E-state index contributed by atoms with van der Waals surface area (Å²) >= 11 is 1.47. The van der Waals surface area contributed by atoms with Crippen LogP contribution in [0.4, 0.5) is 0 Å². The third-order valence-corrected chi connectivity index (χ3v) is 7.47. The molecule has 0 aliphatic carbocycles. The number of sulfonamides is 1. The van der Waals surface area contributed by atoms with Crippen LogP contribution in [0.25, 0.3) is 0 Å². The van der Waals surface area contributed by atoms with Crippen LogP contribution in [0, 0.1) is 0 Å². The second kappa shape index (κ2) is 9.16. The van der Waals surface area contributed by atoms with Gasteiger partial charge in [-0.3, -0.25) is 0 Å². The summed E-state index contributed by atoms with van der Waals surface area (Å²) < 4.78 is 32.2. The van der Waals surface area contributed by atoms with Crippen molar-refractivity contribution in [3.05, 3.63) is 30.0 Å². The number of piperidine rings is 1. The fourth-order valence-corrected chi connectivity index (χ4v) is 5.23. The standard InChI is InChI=1S/C18H26N4O3S2/c1-3-4-8-16-20-18(25-21-16)14(2)26-17-10-9-15(13-19-17)27(23,24)22-11-6-5-7-12-22/h9-10,13-14H,3-8,11-12H2,1-2H3/t14-/m1/s1. The van der Waals surface area contributed by atoms with Gasteiger partial charge < -0.3 is 4.52 Å². The number of unbranched alkanes of at least 4 members (excludes halogenated alkanes) is 1. The summed E-state index contributed by atoms with van der Waals surface area (Å²) in [6, 6.07) is 3.37. The van der Waals surface area contributed by atoms with Crippen molar-refractivity contribution < 1.29 is 12.9 Å². The molecule has 0 unspecified atom stereocenters. The van der Waals surface area contributed by atoms with Gasteiger partial charge in [0.2, 0.25) is 15.9 Å². The number of aromatic nitrogens is 3. The van der Waals surface area contributed by atoms with Crippen LogP contribution >= 0.6 is 11.8 Å². The second-order valence-electron chi connectivity index (χ2n) is 6.71. The molecule has 0 spiro atoms. The smallest absolute Gasteiger partial charge is 0.244 e. The molecule has 0 radical (unpaired) electrons.